The zero-order valence-corrected chi connectivity index (χ0v) is 22.0. The highest BCUT2D eigenvalue weighted by Crippen LogP contribution is 2.34. The van der Waals surface area contributed by atoms with E-state index in [4.69, 9.17) is 15.5 Å². The second-order valence-corrected chi connectivity index (χ2v) is 10.3. The lowest BCUT2D eigenvalue weighted by molar-refractivity contribution is 0.0349. The van der Waals surface area contributed by atoms with Crippen molar-refractivity contribution < 1.29 is 9.53 Å². The highest BCUT2D eigenvalue weighted by atomic mass is 16.6. The van der Waals surface area contributed by atoms with Gasteiger partial charge in [-0.15, -0.1) is 0 Å². The summed E-state index contributed by atoms with van der Waals surface area (Å²) in [5.41, 5.74) is 13.3. The van der Waals surface area contributed by atoms with Gasteiger partial charge in [-0.05, 0) is 80.1 Å². The summed E-state index contributed by atoms with van der Waals surface area (Å²) < 4.78 is 5.27. The number of fused-ring (bicyclic) bond motifs is 1. The molecule has 0 aliphatic carbocycles. The van der Waals surface area contributed by atoms with Crippen LogP contribution in [0.1, 0.15) is 44.4 Å². The summed E-state index contributed by atoms with van der Waals surface area (Å²) in [4.78, 5) is 28.5. The number of hydrogen-bond donors (Lipinski definition) is 2. The standard InChI is InChI=1S/C31H31N5O2/c1-19(16-31(3,4)38-30(32)37)21-8-10-22(11-9-21)23-14-24(18-33-17-23)26-15-28(27-7-5-6-20(2)35-27)36-29-25(26)12-13-34-29/h5-15,17-19H,16H2,1-4H3,(H2,32,37)(H,34,36)/t19-/m0/s1. The first kappa shape index (κ1) is 25.1. The van der Waals surface area contributed by atoms with Crippen molar-refractivity contribution >= 4 is 17.1 Å². The summed E-state index contributed by atoms with van der Waals surface area (Å²) in [6.07, 6.45) is 5.58. The van der Waals surface area contributed by atoms with Gasteiger partial charge in [0.25, 0.3) is 0 Å². The largest absolute Gasteiger partial charge is 0.444 e. The number of amides is 1. The number of pyridine rings is 3. The molecule has 0 bridgehead atoms. The number of nitrogens with one attached hydrogen (secondary N) is 1. The van der Waals surface area contributed by atoms with E-state index >= 15 is 0 Å². The molecule has 7 nitrogen and oxygen atoms in total. The van der Waals surface area contributed by atoms with Crippen molar-refractivity contribution in [3.05, 3.63) is 90.5 Å². The molecule has 1 atom stereocenters. The molecular formula is C31H31N5O2. The van der Waals surface area contributed by atoms with Gasteiger partial charge in [-0.2, -0.15) is 0 Å². The molecule has 0 aliphatic heterocycles. The first-order valence-corrected chi connectivity index (χ1v) is 12.6. The van der Waals surface area contributed by atoms with E-state index in [0.717, 1.165) is 55.9 Å². The minimum Gasteiger partial charge on any atom is -0.444 e. The fourth-order valence-electron chi connectivity index (χ4n) is 5.01. The van der Waals surface area contributed by atoms with E-state index in [1.807, 2.05) is 63.6 Å². The van der Waals surface area contributed by atoms with Gasteiger partial charge in [0, 0.05) is 40.8 Å². The van der Waals surface area contributed by atoms with Crippen LogP contribution in [0.4, 0.5) is 4.79 Å². The van der Waals surface area contributed by atoms with E-state index in [1.165, 1.54) is 0 Å². The molecule has 0 spiro atoms. The fourth-order valence-corrected chi connectivity index (χ4v) is 5.01. The molecule has 4 aromatic heterocycles. The third-order valence-corrected chi connectivity index (χ3v) is 6.72. The smallest absolute Gasteiger partial charge is 0.405 e. The topological polar surface area (TPSA) is 107 Å². The van der Waals surface area contributed by atoms with Crippen molar-refractivity contribution in [2.24, 2.45) is 5.73 Å². The predicted octanol–water partition coefficient (Wildman–Crippen LogP) is 7.03. The van der Waals surface area contributed by atoms with Crippen LogP contribution < -0.4 is 5.73 Å². The predicted molar refractivity (Wildman–Crippen MR) is 151 cm³/mol. The summed E-state index contributed by atoms with van der Waals surface area (Å²) in [5.74, 6) is 0.190. The van der Waals surface area contributed by atoms with E-state index in [-0.39, 0.29) is 5.92 Å². The van der Waals surface area contributed by atoms with E-state index < -0.39 is 11.7 Å². The van der Waals surface area contributed by atoms with Crippen LogP contribution in [-0.2, 0) is 4.74 Å². The summed E-state index contributed by atoms with van der Waals surface area (Å²) in [5, 5.41) is 1.03. The molecule has 5 aromatic rings. The third-order valence-electron chi connectivity index (χ3n) is 6.72. The van der Waals surface area contributed by atoms with Crippen LogP contribution in [-0.4, -0.2) is 31.6 Å². The molecule has 5 rings (SSSR count). The molecule has 0 fully saturated rings. The third kappa shape index (κ3) is 5.42. The van der Waals surface area contributed by atoms with Crippen molar-refractivity contribution in [2.75, 3.05) is 0 Å². The van der Waals surface area contributed by atoms with Crippen LogP contribution in [0, 0.1) is 6.92 Å². The number of nitrogens with zero attached hydrogens (tertiary/aromatic N) is 3. The van der Waals surface area contributed by atoms with Gasteiger partial charge in [-0.3, -0.25) is 9.97 Å². The Balaban J connectivity index is 1.45. The molecule has 38 heavy (non-hydrogen) atoms. The first-order chi connectivity index (χ1) is 18.2. The summed E-state index contributed by atoms with van der Waals surface area (Å²) in [6, 6.07) is 20.7. The summed E-state index contributed by atoms with van der Waals surface area (Å²) >= 11 is 0. The molecule has 0 saturated carbocycles. The molecule has 0 unspecified atom stereocenters. The lowest BCUT2D eigenvalue weighted by atomic mass is 9.88. The van der Waals surface area contributed by atoms with Crippen LogP contribution in [0.3, 0.4) is 0 Å². The number of aromatic amines is 1. The first-order valence-electron chi connectivity index (χ1n) is 12.6. The van der Waals surface area contributed by atoms with Crippen LogP contribution >= 0.6 is 0 Å². The van der Waals surface area contributed by atoms with Crippen molar-refractivity contribution in [1.29, 1.82) is 0 Å². The number of primary amides is 1. The SMILES string of the molecule is Cc1cccc(-c2cc(-c3cncc(-c4ccc([C@@H](C)CC(C)(C)OC(N)=O)cc4)c3)c3cc[nH]c3n2)n1. The Morgan fingerprint density at radius 2 is 1.74 bits per heavy atom. The van der Waals surface area contributed by atoms with E-state index in [1.54, 1.807) is 0 Å². The average Bonchev–Trinajstić information content (AvgIpc) is 3.36. The van der Waals surface area contributed by atoms with E-state index in [9.17, 15) is 4.79 Å². The monoisotopic (exact) mass is 505 g/mol. The Morgan fingerprint density at radius 3 is 2.47 bits per heavy atom. The highest BCUT2D eigenvalue weighted by Gasteiger charge is 2.25. The van der Waals surface area contributed by atoms with Gasteiger partial charge in [0.15, 0.2) is 0 Å². The highest BCUT2D eigenvalue weighted by molar-refractivity contribution is 5.95. The maximum absolute atomic E-state index is 11.2. The minimum absolute atomic E-state index is 0.190. The van der Waals surface area contributed by atoms with Gasteiger partial charge in [0.1, 0.15) is 11.2 Å². The lowest BCUT2D eigenvalue weighted by Gasteiger charge is -2.27. The van der Waals surface area contributed by atoms with E-state index in [0.29, 0.717) is 6.42 Å². The second-order valence-electron chi connectivity index (χ2n) is 10.3. The molecule has 1 aromatic carbocycles. The molecule has 0 saturated heterocycles. The molecule has 0 radical (unpaired) electrons. The van der Waals surface area contributed by atoms with Gasteiger partial charge in [-0.1, -0.05) is 37.3 Å². The van der Waals surface area contributed by atoms with Gasteiger partial charge in [0.2, 0.25) is 0 Å². The zero-order chi connectivity index (χ0) is 26.9. The Kier molecular flexibility index (Phi) is 6.68. The lowest BCUT2D eigenvalue weighted by Crippen LogP contribution is -2.32. The van der Waals surface area contributed by atoms with Crippen LogP contribution in [0.15, 0.2) is 79.3 Å². The molecular weight excluding hydrogens is 474 g/mol. The van der Waals surface area contributed by atoms with Gasteiger partial charge >= 0.3 is 6.09 Å². The molecule has 0 aliphatic rings. The summed E-state index contributed by atoms with van der Waals surface area (Å²) in [6.45, 7) is 7.85. The zero-order valence-electron chi connectivity index (χ0n) is 22.0. The van der Waals surface area contributed by atoms with Crippen molar-refractivity contribution in [1.82, 2.24) is 19.9 Å². The quantitative estimate of drug-likeness (QED) is 0.247. The average molecular weight is 506 g/mol. The number of carbonyl (C=O) groups excluding carboxylic acids is 1. The molecule has 7 heteroatoms. The van der Waals surface area contributed by atoms with Gasteiger partial charge in [-0.25, -0.2) is 9.78 Å². The number of hydrogen-bond acceptors (Lipinski definition) is 5. The maximum atomic E-state index is 11.2. The Bertz CT molecular complexity index is 1600. The maximum Gasteiger partial charge on any atom is 0.405 e. The van der Waals surface area contributed by atoms with Crippen molar-refractivity contribution in [2.45, 2.75) is 45.6 Å². The van der Waals surface area contributed by atoms with Crippen LogP contribution in [0.2, 0.25) is 0 Å². The molecule has 4 heterocycles. The van der Waals surface area contributed by atoms with Gasteiger partial charge in [0.05, 0.1) is 11.4 Å². The van der Waals surface area contributed by atoms with E-state index in [2.05, 4.69) is 58.3 Å². The molecule has 3 N–H and O–H groups in total. The van der Waals surface area contributed by atoms with Crippen LogP contribution in [0.25, 0.3) is 44.7 Å². The number of benzene rings is 1. The molecule has 1 amide bonds. The summed E-state index contributed by atoms with van der Waals surface area (Å²) in [7, 11) is 0. The van der Waals surface area contributed by atoms with Crippen LogP contribution in [0.5, 0.6) is 0 Å². The Hall–Kier alpha value is -4.52. The number of rotatable bonds is 7. The minimum atomic E-state index is -0.752. The number of nitrogens with two attached hydrogens (primary N) is 1. The van der Waals surface area contributed by atoms with Crippen molar-refractivity contribution in [3.63, 3.8) is 0 Å². The number of ether oxygens (including phenoxy) is 1. The Morgan fingerprint density at radius 1 is 0.974 bits per heavy atom. The normalized spacial score (nSPS) is 12.4. The van der Waals surface area contributed by atoms with Crippen molar-refractivity contribution in [3.8, 4) is 33.6 Å². The number of H-pyrrole nitrogens is 1. The second kappa shape index (κ2) is 10.1. The fraction of sp³-hybridized carbons (Fsp3) is 0.226. The molecule has 192 valence electrons. The number of aromatic nitrogens is 4. The van der Waals surface area contributed by atoms with Gasteiger partial charge < -0.3 is 15.5 Å². The number of carbonyl (C=O) groups is 1. The Labute approximate surface area is 222 Å². The number of aryl methyl sites for hydroxylation is 1.